The van der Waals surface area contributed by atoms with Gasteiger partial charge in [-0.15, -0.1) is 0 Å². The Morgan fingerprint density at radius 1 is 1.00 bits per heavy atom. The number of ether oxygens (including phenoxy) is 3. The van der Waals surface area contributed by atoms with Gasteiger partial charge in [0, 0.05) is 6.07 Å². The van der Waals surface area contributed by atoms with Crippen LogP contribution in [-0.2, 0) is 4.79 Å². The first-order valence-electron chi connectivity index (χ1n) is 9.27. The van der Waals surface area contributed by atoms with E-state index in [1.54, 1.807) is 20.3 Å². The van der Waals surface area contributed by atoms with Gasteiger partial charge in [0.25, 0.3) is 5.91 Å². The molecular weight excluding hydrogens is 342 g/mol. The number of nitrogens with one attached hydrogen (secondary N) is 1. The molecule has 0 radical (unpaired) electrons. The van der Waals surface area contributed by atoms with E-state index in [1.807, 2.05) is 51.1 Å². The quantitative estimate of drug-likeness (QED) is 0.708. The zero-order valence-corrected chi connectivity index (χ0v) is 16.7. The summed E-state index contributed by atoms with van der Waals surface area (Å²) in [7, 11) is 3.26. The van der Waals surface area contributed by atoms with Crippen LogP contribution in [0.15, 0.2) is 42.5 Å². The number of aryl methyl sites for hydroxylation is 1. The van der Waals surface area contributed by atoms with Gasteiger partial charge in [-0.2, -0.15) is 0 Å². The summed E-state index contributed by atoms with van der Waals surface area (Å²) in [4.78, 5) is 12.8. The van der Waals surface area contributed by atoms with Crippen molar-refractivity contribution >= 4 is 5.91 Å². The van der Waals surface area contributed by atoms with Gasteiger partial charge in [0.1, 0.15) is 17.2 Å². The van der Waals surface area contributed by atoms with Crippen molar-refractivity contribution in [1.82, 2.24) is 5.32 Å². The molecule has 0 aliphatic heterocycles. The summed E-state index contributed by atoms with van der Waals surface area (Å²) in [5, 5.41) is 3.11. The molecule has 146 valence electrons. The number of carbonyl (C=O) groups excluding carboxylic acids is 1. The van der Waals surface area contributed by atoms with Crippen molar-refractivity contribution in [3.05, 3.63) is 53.6 Å². The standard InChI is InChI=1S/C22H29NO4/c1-6-19(16-11-12-21(26-5)15(3)13-16)23-22(24)20(7-2)27-18-10-8-9-17(14-18)25-4/h8-14,19-20H,6-7H2,1-5H3,(H,23,24)/t19-,20-/m0/s1. The Kier molecular flexibility index (Phi) is 7.53. The minimum atomic E-state index is -0.564. The minimum absolute atomic E-state index is 0.0786. The fraction of sp³-hybridized carbons (Fsp3) is 0.409. The van der Waals surface area contributed by atoms with Crippen molar-refractivity contribution in [3.63, 3.8) is 0 Å². The van der Waals surface area contributed by atoms with E-state index in [9.17, 15) is 4.79 Å². The van der Waals surface area contributed by atoms with Gasteiger partial charge in [0.05, 0.1) is 20.3 Å². The van der Waals surface area contributed by atoms with Crippen LogP contribution in [0.3, 0.4) is 0 Å². The molecule has 0 saturated heterocycles. The number of methoxy groups -OCH3 is 2. The van der Waals surface area contributed by atoms with Crippen LogP contribution in [0.1, 0.15) is 43.9 Å². The van der Waals surface area contributed by atoms with E-state index in [1.165, 1.54) is 0 Å². The second-order valence-corrected chi connectivity index (χ2v) is 6.39. The van der Waals surface area contributed by atoms with Crippen molar-refractivity contribution in [2.24, 2.45) is 0 Å². The molecule has 0 fully saturated rings. The molecule has 0 heterocycles. The highest BCUT2D eigenvalue weighted by Crippen LogP contribution is 2.25. The van der Waals surface area contributed by atoms with Crippen LogP contribution in [0.2, 0.25) is 0 Å². The highest BCUT2D eigenvalue weighted by atomic mass is 16.5. The zero-order chi connectivity index (χ0) is 19.8. The summed E-state index contributed by atoms with van der Waals surface area (Å²) in [6, 6.07) is 13.2. The SMILES string of the molecule is CC[C@H](Oc1cccc(OC)c1)C(=O)N[C@@H](CC)c1ccc(OC)c(C)c1. The van der Waals surface area contributed by atoms with Gasteiger partial charge in [-0.25, -0.2) is 0 Å². The van der Waals surface area contributed by atoms with Crippen molar-refractivity contribution in [2.45, 2.75) is 45.8 Å². The molecular formula is C22H29NO4. The molecule has 0 aliphatic rings. The van der Waals surface area contributed by atoms with Gasteiger partial charge in [0.2, 0.25) is 0 Å². The average molecular weight is 371 g/mol. The molecule has 2 rings (SSSR count). The number of amides is 1. The van der Waals surface area contributed by atoms with E-state index in [0.29, 0.717) is 17.9 Å². The molecule has 0 saturated carbocycles. The second-order valence-electron chi connectivity index (χ2n) is 6.39. The summed E-state index contributed by atoms with van der Waals surface area (Å²) in [5.74, 6) is 2.03. The molecule has 1 N–H and O–H groups in total. The maximum Gasteiger partial charge on any atom is 0.261 e. The lowest BCUT2D eigenvalue weighted by Gasteiger charge is -2.23. The van der Waals surface area contributed by atoms with Crippen LogP contribution in [0.25, 0.3) is 0 Å². The molecule has 0 spiro atoms. The summed E-state index contributed by atoms with van der Waals surface area (Å²) in [5.41, 5.74) is 2.10. The number of benzene rings is 2. The summed E-state index contributed by atoms with van der Waals surface area (Å²) in [6.45, 7) is 5.98. The first-order chi connectivity index (χ1) is 13.0. The molecule has 2 aromatic carbocycles. The van der Waals surface area contributed by atoms with Crippen LogP contribution in [0.4, 0.5) is 0 Å². The van der Waals surface area contributed by atoms with Crippen molar-refractivity contribution < 1.29 is 19.0 Å². The van der Waals surface area contributed by atoms with E-state index in [4.69, 9.17) is 14.2 Å². The lowest BCUT2D eigenvalue weighted by atomic mass is 10.0. The Morgan fingerprint density at radius 2 is 1.74 bits per heavy atom. The predicted octanol–water partition coefficient (Wildman–Crippen LogP) is 4.44. The van der Waals surface area contributed by atoms with Gasteiger partial charge < -0.3 is 19.5 Å². The Balaban J connectivity index is 2.10. The molecule has 2 atom stereocenters. The number of hydrogen-bond donors (Lipinski definition) is 1. The van der Waals surface area contributed by atoms with Crippen molar-refractivity contribution in [1.29, 1.82) is 0 Å². The average Bonchev–Trinajstić information content (AvgIpc) is 2.70. The third kappa shape index (κ3) is 5.39. The fourth-order valence-electron chi connectivity index (χ4n) is 2.97. The smallest absolute Gasteiger partial charge is 0.261 e. The molecule has 2 aromatic rings. The maximum atomic E-state index is 12.8. The number of rotatable bonds is 9. The van der Waals surface area contributed by atoms with Gasteiger partial charge >= 0.3 is 0 Å². The van der Waals surface area contributed by atoms with Gasteiger partial charge in [-0.1, -0.05) is 32.0 Å². The monoisotopic (exact) mass is 371 g/mol. The molecule has 27 heavy (non-hydrogen) atoms. The van der Waals surface area contributed by atoms with E-state index < -0.39 is 6.10 Å². The van der Waals surface area contributed by atoms with Crippen LogP contribution < -0.4 is 19.5 Å². The predicted molar refractivity (Wildman–Crippen MR) is 107 cm³/mol. The third-order valence-electron chi connectivity index (χ3n) is 4.53. The summed E-state index contributed by atoms with van der Waals surface area (Å²) in [6.07, 6.45) is 0.791. The summed E-state index contributed by atoms with van der Waals surface area (Å²) < 4.78 is 16.4. The molecule has 5 heteroatoms. The van der Waals surface area contributed by atoms with Crippen molar-refractivity contribution in [3.8, 4) is 17.2 Å². The van der Waals surface area contributed by atoms with Gasteiger partial charge in [-0.3, -0.25) is 4.79 Å². The molecule has 0 aromatic heterocycles. The molecule has 0 bridgehead atoms. The topological polar surface area (TPSA) is 56.8 Å². The summed E-state index contributed by atoms with van der Waals surface area (Å²) >= 11 is 0. The number of carbonyl (C=O) groups is 1. The van der Waals surface area contributed by atoms with Crippen LogP contribution in [-0.4, -0.2) is 26.2 Å². The van der Waals surface area contributed by atoms with E-state index in [-0.39, 0.29) is 11.9 Å². The third-order valence-corrected chi connectivity index (χ3v) is 4.53. The van der Waals surface area contributed by atoms with E-state index >= 15 is 0 Å². The molecule has 0 unspecified atom stereocenters. The zero-order valence-electron chi connectivity index (χ0n) is 16.7. The first-order valence-corrected chi connectivity index (χ1v) is 9.27. The van der Waals surface area contributed by atoms with Crippen LogP contribution in [0.5, 0.6) is 17.2 Å². The van der Waals surface area contributed by atoms with Crippen molar-refractivity contribution in [2.75, 3.05) is 14.2 Å². The van der Waals surface area contributed by atoms with E-state index in [2.05, 4.69) is 11.4 Å². The second kappa shape index (κ2) is 9.86. The van der Waals surface area contributed by atoms with Crippen LogP contribution in [0, 0.1) is 6.92 Å². The van der Waals surface area contributed by atoms with Crippen LogP contribution >= 0.6 is 0 Å². The molecule has 1 amide bonds. The lowest BCUT2D eigenvalue weighted by molar-refractivity contribution is -0.129. The Morgan fingerprint density at radius 3 is 2.33 bits per heavy atom. The fourth-order valence-corrected chi connectivity index (χ4v) is 2.97. The largest absolute Gasteiger partial charge is 0.497 e. The minimum Gasteiger partial charge on any atom is -0.497 e. The first kappa shape index (κ1) is 20.6. The Hall–Kier alpha value is -2.69. The Bertz CT molecular complexity index is 760. The normalized spacial score (nSPS) is 12.8. The highest BCUT2D eigenvalue weighted by Gasteiger charge is 2.22. The van der Waals surface area contributed by atoms with E-state index in [0.717, 1.165) is 23.3 Å². The molecule has 0 aliphatic carbocycles. The Labute approximate surface area is 161 Å². The van der Waals surface area contributed by atoms with Gasteiger partial charge in [-0.05, 0) is 49.1 Å². The maximum absolute atomic E-state index is 12.8. The lowest BCUT2D eigenvalue weighted by Crippen LogP contribution is -2.40. The highest BCUT2D eigenvalue weighted by molar-refractivity contribution is 5.81. The number of hydrogen-bond acceptors (Lipinski definition) is 4. The van der Waals surface area contributed by atoms with Gasteiger partial charge in [0.15, 0.2) is 6.10 Å². The molecule has 5 nitrogen and oxygen atoms in total.